The van der Waals surface area contributed by atoms with Crippen molar-refractivity contribution in [1.29, 1.82) is 0 Å². The maximum atomic E-state index is 12.9. The Kier molecular flexibility index (Phi) is 7.58. The number of carboxylic acid groups (broad SMARTS) is 1. The number of halogens is 6. The number of carbonyl (C=O) groups excluding carboxylic acids is 1. The van der Waals surface area contributed by atoms with Crippen LogP contribution in [0.2, 0.25) is 0 Å². The predicted molar refractivity (Wildman–Crippen MR) is 97.7 cm³/mol. The highest BCUT2D eigenvalue weighted by Gasteiger charge is 2.46. The average Bonchev–Trinajstić information content (AvgIpc) is 2.86. The van der Waals surface area contributed by atoms with E-state index < -0.39 is 29.4 Å². The molecule has 1 amide bonds. The van der Waals surface area contributed by atoms with Crippen molar-refractivity contribution >= 4 is 17.7 Å². The molecule has 1 atom stereocenters. The Morgan fingerprint density at radius 1 is 1.19 bits per heavy atom. The van der Waals surface area contributed by atoms with Gasteiger partial charge in [-0.15, -0.1) is 0 Å². The zero-order valence-electron chi connectivity index (χ0n) is 17.2. The molecule has 2 saturated heterocycles. The van der Waals surface area contributed by atoms with Gasteiger partial charge in [-0.05, 0) is 13.8 Å². The van der Waals surface area contributed by atoms with E-state index in [-0.39, 0.29) is 17.8 Å². The van der Waals surface area contributed by atoms with Crippen molar-refractivity contribution in [1.82, 2.24) is 14.9 Å². The van der Waals surface area contributed by atoms with Crippen LogP contribution in [0.1, 0.15) is 26.0 Å². The molecule has 1 unspecified atom stereocenters. The summed E-state index contributed by atoms with van der Waals surface area (Å²) in [5, 5.41) is 7.12. The van der Waals surface area contributed by atoms with E-state index in [0.717, 1.165) is 12.4 Å². The molecule has 3 heterocycles. The Labute approximate surface area is 179 Å². The molecule has 3 rings (SSSR count). The van der Waals surface area contributed by atoms with Gasteiger partial charge in [-0.2, -0.15) is 26.3 Å². The van der Waals surface area contributed by atoms with Gasteiger partial charge in [-0.25, -0.2) is 14.8 Å². The number of hydrogen-bond acceptors (Lipinski definition) is 6. The molecule has 2 aliphatic heterocycles. The molecule has 180 valence electrons. The van der Waals surface area contributed by atoms with Gasteiger partial charge in [0.2, 0.25) is 5.91 Å². The number of aliphatic carboxylic acids is 1. The zero-order chi connectivity index (χ0) is 24.3. The molecule has 2 aliphatic rings. The lowest BCUT2D eigenvalue weighted by Gasteiger charge is -2.32. The number of rotatable bonds is 2. The second kappa shape index (κ2) is 9.46. The zero-order valence-corrected chi connectivity index (χ0v) is 17.2. The molecule has 1 spiro atoms. The molecular weight excluding hydrogens is 450 g/mol. The van der Waals surface area contributed by atoms with E-state index in [1.165, 1.54) is 0 Å². The van der Waals surface area contributed by atoms with E-state index in [9.17, 15) is 31.1 Å². The molecule has 0 aliphatic carbocycles. The molecule has 0 radical (unpaired) electrons. The molecule has 8 nitrogen and oxygen atoms in total. The lowest BCUT2D eigenvalue weighted by atomic mass is 9.87. The van der Waals surface area contributed by atoms with Crippen LogP contribution in [0, 0.1) is 5.41 Å². The van der Waals surface area contributed by atoms with Crippen molar-refractivity contribution in [3.63, 3.8) is 0 Å². The summed E-state index contributed by atoms with van der Waals surface area (Å²) < 4.78 is 76.2. The van der Waals surface area contributed by atoms with Gasteiger partial charge in [0.25, 0.3) is 0 Å². The van der Waals surface area contributed by atoms with Crippen LogP contribution >= 0.6 is 0 Å². The SMILES string of the molecule is CC(C)N1CC2(COCCN(c3cc(C(F)(F)F)ncn3)C2)CC1=O.O=C(O)C(F)(F)F. The molecule has 1 N–H and O–H groups in total. The molecule has 2 fully saturated rings. The summed E-state index contributed by atoms with van der Waals surface area (Å²) in [5.41, 5.74) is -1.40. The van der Waals surface area contributed by atoms with Crippen molar-refractivity contribution in [2.75, 3.05) is 37.7 Å². The third kappa shape index (κ3) is 6.43. The smallest absolute Gasteiger partial charge is 0.475 e. The van der Waals surface area contributed by atoms with Crippen LogP contribution in [0.4, 0.5) is 32.2 Å². The van der Waals surface area contributed by atoms with Crippen molar-refractivity contribution in [3.8, 4) is 0 Å². The minimum absolute atomic E-state index is 0.0547. The van der Waals surface area contributed by atoms with Crippen LogP contribution in [-0.2, 0) is 20.5 Å². The highest BCUT2D eigenvalue weighted by Crippen LogP contribution is 2.37. The number of alkyl halides is 6. The number of aromatic nitrogens is 2. The number of ether oxygens (including phenoxy) is 1. The molecule has 0 bridgehead atoms. The number of anilines is 1. The summed E-state index contributed by atoms with van der Waals surface area (Å²) in [7, 11) is 0. The summed E-state index contributed by atoms with van der Waals surface area (Å²) in [4.78, 5) is 32.1. The second-order valence-electron chi connectivity index (χ2n) is 7.83. The van der Waals surface area contributed by atoms with Gasteiger partial charge in [0.1, 0.15) is 17.8 Å². The summed E-state index contributed by atoms with van der Waals surface area (Å²) >= 11 is 0. The second-order valence-corrected chi connectivity index (χ2v) is 7.83. The number of hydrogen-bond donors (Lipinski definition) is 1. The normalized spacial score (nSPS) is 22.1. The van der Waals surface area contributed by atoms with Crippen LogP contribution in [0.15, 0.2) is 12.4 Å². The summed E-state index contributed by atoms with van der Waals surface area (Å²) in [5.74, 6) is -2.49. The van der Waals surface area contributed by atoms with Gasteiger partial charge in [0.15, 0.2) is 0 Å². The first kappa shape index (κ1) is 25.6. The first-order valence-corrected chi connectivity index (χ1v) is 9.46. The Bertz CT molecular complexity index is 832. The van der Waals surface area contributed by atoms with Crippen LogP contribution in [0.3, 0.4) is 0 Å². The number of amides is 1. The summed E-state index contributed by atoms with van der Waals surface area (Å²) in [6.07, 6.45) is -8.34. The van der Waals surface area contributed by atoms with Crippen molar-refractivity contribution in [2.45, 2.75) is 38.7 Å². The average molecular weight is 472 g/mol. The van der Waals surface area contributed by atoms with Crippen LogP contribution in [-0.4, -0.2) is 76.9 Å². The molecule has 0 aromatic carbocycles. The van der Waals surface area contributed by atoms with Gasteiger partial charge < -0.3 is 19.6 Å². The van der Waals surface area contributed by atoms with E-state index >= 15 is 0 Å². The van der Waals surface area contributed by atoms with Gasteiger partial charge in [0, 0.05) is 43.6 Å². The first-order valence-electron chi connectivity index (χ1n) is 9.46. The lowest BCUT2D eigenvalue weighted by molar-refractivity contribution is -0.192. The minimum atomic E-state index is -5.08. The third-order valence-electron chi connectivity index (χ3n) is 4.93. The van der Waals surface area contributed by atoms with Crippen LogP contribution in [0.5, 0.6) is 0 Å². The topological polar surface area (TPSA) is 95.9 Å². The largest absolute Gasteiger partial charge is 0.490 e. The number of carbonyl (C=O) groups is 2. The maximum absolute atomic E-state index is 12.9. The Balaban J connectivity index is 0.000000451. The van der Waals surface area contributed by atoms with E-state index in [1.807, 2.05) is 13.8 Å². The van der Waals surface area contributed by atoms with E-state index in [4.69, 9.17) is 14.6 Å². The fourth-order valence-electron chi connectivity index (χ4n) is 3.46. The molecule has 1 aromatic heterocycles. The van der Waals surface area contributed by atoms with Gasteiger partial charge in [-0.1, -0.05) is 0 Å². The monoisotopic (exact) mass is 472 g/mol. The highest BCUT2D eigenvalue weighted by atomic mass is 19.4. The van der Waals surface area contributed by atoms with E-state index in [1.54, 1.807) is 9.80 Å². The van der Waals surface area contributed by atoms with Crippen molar-refractivity contribution < 1.29 is 45.8 Å². The molecular formula is C18H22F6N4O4. The van der Waals surface area contributed by atoms with Gasteiger partial charge in [0.05, 0.1) is 13.2 Å². The van der Waals surface area contributed by atoms with Crippen molar-refractivity contribution in [3.05, 3.63) is 18.1 Å². The van der Waals surface area contributed by atoms with Crippen LogP contribution in [0.25, 0.3) is 0 Å². The minimum Gasteiger partial charge on any atom is -0.475 e. The fourth-order valence-corrected chi connectivity index (χ4v) is 3.46. The Morgan fingerprint density at radius 3 is 2.31 bits per heavy atom. The maximum Gasteiger partial charge on any atom is 0.490 e. The summed E-state index contributed by atoms with van der Waals surface area (Å²) in [6.45, 7) is 6.08. The third-order valence-corrected chi connectivity index (χ3v) is 4.93. The number of likely N-dealkylation sites (tertiary alicyclic amines) is 1. The van der Waals surface area contributed by atoms with Gasteiger partial charge in [-0.3, -0.25) is 4.79 Å². The molecule has 32 heavy (non-hydrogen) atoms. The van der Waals surface area contributed by atoms with E-state index in [2.05, 4.69) is 9.97 Å². The molecule has 0 saturated carbocycles. The first-order chi connectivity index (χ1) is 14.6. The summed E-state index contributed by atoms with van der Waals surface area (Å²) in [6, 6.07) is 1.04. The Hall–Kier alpha value is -2.64. The van der Waals surface area contributed by atoms with Gasteiger partial charge >= 0.3 is 18.3 Å². The fraction of sp³-hybridized carbons (Fsp3) is 0.667. The number of carboxylic acids is 1. The number of nitrogens with zero attached hydrogens (tertiary/aromatic N) is 4. The Morgan fingerprint density at radius 2 is 1.81 bits per heavy atom. The lowest BCUT2D eigenvalue weighted by Crippen LogP contribution is -2.42. The van der Waals surface area contributed by atoms with Crippen LogP contribution < -0.4 is 4.90 Å². The molecule has 14 heteroatoms. The highest BCUT2D eigenvalue weighted by molar-refractivity contribution is 5.80. The standard InChI is InChI=1S/C16H21F3N4O2.C2HF3O2/c1-11(2)23-8-15(6-14(23)24)7-22(3-4-25-9-15)13-5-12(16(17,18)19)20-10-21-13;3-2(4,5)1(6)7/h5,10-11H,3-4,6-9H2,1-2H3;(H,6,7). The van der Waals surface area contributed by atoms with Crippen molar-refractivity contribution in [2.24, 2.45) is 5.41 Å². The van der Waals surface area contributed by atoms with E-state index in [0.29, 0.717) is 39.3 Å². The molecule has 1 aromatic rings. The quantitative estimate of drug-likeness (QED) is 0.661. The predicted octanol–water partition coefficient (Wildman–Crippen LogP) is 2.59.